The normalized spacial score (nSPS) is 21.8. The zero-order valence-electron chi connectivity index (χ0n) is 12.6. The third kappa shape index (κ3) is 2.64. The molecule has 7 heteroatoms. The van der Waals surface area contributed by atoms with Crippen LogP contribution in [0.25, 0.3) is 5.69 Å². The second kappa shape index (κ2) is 5.60. The van der Waals surface area contributed by atoms with Gasteiger partial charge in [0.1, 0.15) is 17.1 Å². The molecule has 0 radical (unpaired) electrons. The molecule has 1 saturated heterocycles. The van der Waals surface area contributed by atoms with Crippen LogP contribution in [0.4, 0.5) is 0 Å². The van der Waals surface area contributed by atoms with Gasteiger partial charge in [0.05, 0.1) is 12.7 Å². The number of nitrogens with one attached hydrogen (secondary N) is 1. The standard InChI is InChI=1S/C16H18N6O/c23-16(14-10-18-20-19-14)6-8-21(12-16)11-15-17-7-9-22(15)13-4-2-1-3-5-13/h1-5,7,9-10,23H,6,8,11-12H2,(H,18,19,20)/t16-/m0/s1. The number of hydrogen-bond acceptors (Lipinski definition) is 5. The van der Waals surface area contributed by atoms with E-state index in [-0.39, 0.29) is 0 Å². The number of imidazole rings is 1. The van der Waals surface area contributed by atoms with E-state index in [2.05, 4.69) is 42.0 Å². The lowest BCUT2D eigenvalue weighted by molar-refractivity contribution is 0.0405. The van der Waals surface area contributed by atoms with E-state index in [0.29, 0.717) is 25.2 Å². The number of benzene rings is 1. The van der Waals surface area contributed by atoms with Gasteiger partial charge in [0.2, 0.25) is 0 Å². The summed E-state index contributed by atoms with van der Waals surface area (Å²) in [4.78, 5) is 6.66. The molecule has 1 fully saturated rings. The van der Waals surface area contributed by atoms with Crippen LogP contribution in [0.2, 0.25) is 0 Å². The molecule has 1 atom stereocenters. The van der Waals surface area contributed by atoms with Crippen LogP contribution in [0.3, 0.4) is 0 Å². The molecule has 3 heterocycles. The molecular weight excluding hydrogens is 292 g/mol. The number of β-amino-alcohol motifs (C(OH)–C–C–N with tert-alkyl or cyclic N) is 1. The summed E-state index contributed by atoms with van der Waals surface area (Å²) in [6.07, 6.45) is 6.01. The number of aliphatic hydroxyl groups is 1. The van der Waals surface area contributed by atoms with Crippen molar-refractivity contribution in [3.05, 3.63) is 60.4 Å². The van der Waals surface area contributed by atoms with Gasteiger partial charge in [0.15, 0.2) is 0 Å². The molecule has 0 saturated carbocycles. The van der Waals surface area contributed by atoms with E-state index in [1.54, 1.807) is 6.20 Å². The van der Waals surface area contributed by atoms with Crippen LogP contribution in [0.5, 0.6) is 0 Å². The summed E-state index contributed by atoms with van der Waals surface area (Å²) in [6, 6.07) is 10.1. The monoisotopic (exact) mass is 310 g/mol. The first-order valence-corrected chi connectivity index (χ1v) is 7.63. The number of rotatable bonds is 4. The van der Waals surface area contributed by atoms with E-state index in [4.69, 9.17) is 0 Å². The predicted octanol–water partition coefficient (Wildman–Crippen LogP) is 1.08. The lowest BCUT2D eigenvalue weighted by Gasteiger charge is -2.21. The van der Waals surface area contributed by atoms with Gasteiger partial charge in [-0.1, -0.05) is 18.2 Å². The number of aromatic amines is 1. The molecule has 0 amide bonds. The van der Waals surface area contributed by atoms with Gasteiger partial charge in [0, 0.05) is 31.2 Å². The minimum atomic E-state index is -0.933. The third-order valence-corrected chi connectivity index (χ3v) is 4.34. The molecule has 0 bridgehead atoms. The Bertz CT molecular complexity index is 769. The number of likely N-dealkylation sites (tertiary alicyclic amines) is 1. The van der Waals surface area contributed by atoms with Crippen LogP contribution >= 0.6 is 0 Å². The SMILES string of the molecule is O[C@@]1(c2cn[nH]n2)CCN(Cc2nccn2-c2ccccc2)C1. The Balaban J connectivity index is 1.51. The molecule has 0 aliphatic carbocycles. The van der Waals surface area contributed by atoms with E-state index < -0.39 is 5.60 Å². The summed E-state index contributed by atoms with van der Waals surface area (Å²) < 4.78 is 2.08. The number of nitrogens with zero attached hydrogens (tertiary/aromatic N) is 5. The van der Waals surface area contributed by atoms with Gasteiger partial charge in [-0.15, -0.1) is 0 Å². The first-order chi connectivity index (χ1) is 11.2. The molecule has 23 heavy (non-hydrogen) atoms. The topological polar surface area (TPSA) is 82.9 Å². The Labute approximate surface area is 133 Å². The summed E-state index contributed by atoms with van der Waals surface area (Å²) in [5, 5.41) is 21.1. The molecule has 0 spiro atoms. The fraction of sp³-hybridized carbons (Fsp3) is 0.312. The molecule has 3 aromatic rings. The van der Waals surface area contributed by atoms with Crippen molar-refractivity contribution < 1.29 is 5.11 Å². The summed E-state index contributed by atoms with van der Waals surface area (Å²) in [7, 11) is 0. The maximum atomic E-state index is 10.7. The van der Waals surface area contributed by atoms with Gasteiger partial charge in [-0.25, -0.2) is 4.98 Å². The number of para-hydroxylation sites is 1. The van der Waals surface area contributed by atoms with Gasteiger partial charge in [0.25, 0.3) is 0 Å². The number of aromatic nitrogens is 5. The van der Waals surface area contributed by atoms with E-state index in [1.165, 1.54) is 0 Å². The molecule has 118 valence electrons. The van der Waals surface area contributed by atoms with Gasteiger partial charge in [-0.3, -0.25) is 4.90 Å². The van der Waals surface area contributed by atoms with Crippen LogP contribution in [0.1, 0.15) is 17.9 Å². The number of H-pyrrole nitrogens is 1. The van der Waals surface area contributed by atoms with E-state index in [0.717, 1.165) is 18.1 Å². The van der Waals surface area contributed by atoms with Gasteiger partial charge in [-0.05, 0) is 18.6 Å². The largest absolute Gasteiger partial charge is 0.382 e. The van der Waals surface area contributed by atoms with Crippen molar-refractivity contribution in [3.63, 3.8) is 0 Å². The molecule has 4 rings (SSSR count). The molecule has 1 aliphatic rings. The molecular formula is C16H18N6O. The minimum Gasteiger partial charge on any atom is -0.382 e. The van der Waals surface area contributed by atoms with Crippen molar-refractivity contribution in [2.45, 2.75) is 18.6 Å². The minimum absolute atomic E-state index is 0.529. The molecule has 7 nitrogen and oxygen atoms in total. The highest BCUT2D eigenvalue weighted by Gasteiger charge is 2.39. The Morgan fingerprint density at radius 2 is 2.13 bits per heavy atom. The summed E-state index contributed by atoms with van der Waals surface area (Å²) in [6.45, 7) is 2.01. The molecule has 1 aromatic carbocycles. The number of hydrogen-bond donors (Lipinski definition) is 2. The lowest BCUT2D eigenvalue weighted by Crippen LogP contribution is -2.31. The van der Waals surface area contributed by atoms with Crippen LogP contribution < -0.4 is 0 Å². The lowest BCUT2D eigenvalue weighted by atomic mass is 10.0. The van der Waals surface area contributed by atoms with Crippen molar-refractivity contribution in [1.82, 2.24) is 29.9 Å². The first-order valence-electron chi connectivity index (χ1n) is 7.63. The predicted molar refractivity (Wildman–Crippen MR) is 83.7 cm³/mol. The third-order valence-electron chi connectivity index (χ3n) is 4.34. The van der Waals surface area contributed by atoms with Crippen molar-refractivity contribution >= 4 is 0 Å². The van der Waals surface area contributed by atoms with Crippen LogP contribution in [-0.2, 0) is 12.1 Å². The van der Waals surface area contributed by atoms with E-state index >= 15 is 0 Å². The van der Waals surface area contributed by atoms with Crippen molar-refractivity contribution in [3.8, 4) is 5.69 Å². The zero-order valence-corrected chi connectivity index (χ0v) is 12.6. The Kier molecular flexibility index (Phi) is 3.44. The quantitative estimate of drug-likeness (QED) is 0.753. The summed E-state index contributed by atoms with van der Waals surface area (Å²) in [5.74, 6) is 0.959. The highest BCUT2D eigenvalue weighted by molar-refractivity contribution is 5.32. The Morgan fingerprint density at radius 1 is 1.26 bits per heavy atom. The Morgan fingerprint density at radius 3 is 2.91 bits per heavy atom. The van der Waals surface area contributed by atoms with Crippen LogP contribution in [0.15, 0.2) is 48.9 Å². The smallest absolute Gasteiger partial charge is 0.127 e. The van der Waals surface area contributed by atoms with Crippen molar-refractivity contribution in [2.24, 2.45) is 0 Å². The Hall–Kier alpha value is -2.51. The maximum Gasteiger partial charge on any atom is 0.127 e. The highest BCUT2D eigenvalue weighted by Crippen LogP contribution is 2.30. The molecule has 2 aromatic heterocycles. The van der Waals surface area contributed by atoms with Gasteiger partial charge < -0.3 is 9.67 Å². The van der Waals surface area contributed by atoms with Crippen LogP contribution in [-0.4, -0.2) is 48.1 Å². The average Bonchev–Trinajstić information content (AvgIpc) is 3.30. The average molecular weight is 310 g/mol. The highest BCUT2D eigenvalue weighted by atomic mass is 16.3. The molecule has 0 unspecified atom stereocenters. The van der Waals surface area contributed by atoms with Crippen molar-refractivity contribution in [2.75, 3.05) is 13.1 Å². The van der Waals surface area contributed by atoms with Crippen LogP contribution in [0, 0.1) is 0 Å². The first kappa shape index (κ1) is 14.1. The summed E-state index contributed by atoms with van der Waals surface area (Å²) in [5.41, 5.74) is 0.759. The van der Waals surface area contributed by atoms with E-state index in [9.17, 15) is 5.11 Å². The summed E-state index contributed by atoms with van der Waals surface area (Å²) >= 11 is 0. The zero-order chi connectivity index (χ0) is 15.7. The second-order valence-corrected chi connectivity index (χ2v) is 5.90. The maximum absolute atomic E-state index is 10.7. The second-order valence-electron chi connectivity index (χ2n) is 5.90. The van der Waals surface area contributed by atoms with Crippen molar-refractivity contribution in [1.29, 1.82) is 0 Å². The molecule has 2 N–H and O–H groups in total. The fourth-order valence-electron chi connectivity index (χ4n) is 3.12. The fourth-order valence-corrected chi connectivity index (χ4v) is 3.12. The van der Waals surface area contributed by atoms with Gasteiger partial charge >= 0.3 is 0 Å². The van der Waals surface area contributed by atoms with E-state index in [1.807, 2.05) is 30.6 Å². The van der Waals surface area contributed by atoms with Gasteiger partial charge in [-0.2, -0.15) is 15.4 Å². The molecule has 1 aliphatic heterocycles.